The largest absolute Gasteiger partial charge is 0.485 e. The Morgan fingerprint density at radius 3 is 2.55 bits per heavy atom. The summed E-state index contributed by atoms with van der Waals surface area (Å²) in [5.74, 6) is 0.0481. The average Bonchev–Trinajstić information content (AvgIpc) is 3.37. The summed E-state index contributed by atoms with van der Waals surface area (Å²) in [5.41, 5.74) is 4.05. The zero-order chi connectivity index (χ0) is 23.1. The molecular formula is C24H21N3O4S2. The second kappa shape index (κ2) is 10.4. The van der Waals surface area contributed by atoms with E-state index in [4.69, 9.17) is 4.74 Å². The third kappa shape index (κ3) is 6.04. The Morgan fingerprint density at radius 2 is 1.76 bits per heavy atom. The number of carbonyl (C=O) groups is 1. The lowest BCUT2D eigenvalue weighted by atomic mass is 10.2. The number of benzene rings is 3. The van der Waals surface area contributed by atoms with E-state index in [1.807, 2.05) is 35.7 Å². The summed E-state index contributed by atoms with van der Waals surface area (Å²) >= 11 is 1.48. The van der Waals surface area contributed by atoms with Crippen molar-refractivity contribution in [2.24, 2.45) is 0 Å². The maximum atomic E-state index is 12.9. The van der Waals surface area contributed by atoms with Crippen molar-refractivity contribution < 1.29 is 17.9 Å². The van der Waals surface area contributed by atoms with Gasteiger partial charge in [0.15, 0.2) is 0 Å². The van der Waals surface area contributed by atoms with Gasteiger partial charge in [-0.05, 0) is 35.9 Å². The summed E-state index contributed by atoms with van der Waals surface area (Å²) in [5, 5.41) is 4.68. The van der Waals surface area contributed by atoms with Gasteiger partial charge in [-0.25, -0.2) is 18.1 Å². The van der Waals surface area contributed by atoms with Gasteiger partial charge in [-0.3, -0.25) is 4.79 Å². The summed E-state index contributed by atoms with van der Waals surface area (Å²) in [6.45, 7) is 0.431. The molecule has 0 saturated carbocycles. The lowest BCUT2D eigenvalue weighted by Crippen LogP contribution is -2.23. The van der Waals surface area contributed by atoms with Crippen LogP contribution in [-0.4, -0.2) is 19.3 Å². The monoisotopic (exact) mass is 479 g/mol. The Labute approximate surface area is 196 Å². The zero-order valence-corrected chi connectivity index (χ0v) is 19.1. The molecule has 168 valence electrons. The summed E-state index contributed by atoms with van der Waals surface area (Å²) in [4.78, 5) is 17.1. The molecule has 4 aromatic rings. The number of ether oxygens (including phenoxy) is 1. The van der Waals surface area contributed by atoms with Crippen LogP contribution in [0.15, 0.2) is 94.6 Å². The third-order valence-corrected chi connectivity index (χ3v) is 6.74. The zero-order valence-electron chi connectivity index (χ0n) is 17.5. The van der Waals surface area contributed by atoms with Crippen molar-refractivity contribution in [2.45, 2.75) is 18.0 Å². The highest BCUT2D eigenvalue weighted by atomic mass is 32.2. The van der Waals surface area contributed by atoms with Crippen LogP contribution in [0.1, 0.15) is 21.6 Å². The fraction of sp³-hybridized carbons (Fsp3) is 0.0833. The number of para-hydroxylation sites is 2. The highest BCUT2D eigenvalue weighted by Gasteiger charge is 2.17. The first-order valence-electron chi connectivity index (χ1n) is 10.1. The number of anilines is 1. The van der Waals surface area contributed by atoms with Crippen LogP contribution in [0.2, 0.25) is 0 Å². The van der Waals surface area contributed by atoms with Crippen LogP contribution in [0.5, 0.6) is 5.75 Å². The summed E-state index contributed by atoms with van der Waals surface area (Å²) < 4.78 is 33.8. The van der Waals surface area contributed by atoms with E-state index in [0.29, 0.717) is 11.4 Å². The Hall–Kier alpha value is -3.53. The van der Waals surface area contributed by atoms with Crippen molar-refractivity contribution in [3.8, 4) is 5.75 Å². The van der Waals surface area contributed by atoms with Crippen molar-refractivity contribution in [3.63, 3.8) is 0 Å². The molecular weight excluding hydrogens is 458 g/mol. The van der Waals surface area contributed by atoms with E-state index in [0.717, 1.165) is 11.3 Å². The van der Waals surface area contributed by atoms with Crippen molar-refractivity contribution in [1.82, 2.24) is 9.71 Å². The number of hydrogen-bond donors (Lipinski definition) is 2. The first-order valence-corrected chi connectivity index (χ1v) is 12.5. The molecule has 0 saturated heterocycles. The van der Waals surface area contributed by atoms with Crippen LogP contribution >= 0.6 is 11.3 Å². The van der Waals surface area contributed by atoms with Crippen LogP contribution in [0.25, 0.3) is 0 Å². The fourth-order valence-corrected chi connectivity index (χ4v) is 4.62. The molecule has 0 bridgehead atoms. The lowest BCUT2D eigenvalue weighted by molar-refractivity contribution is 0.102. The van der Waals surface area contributed by atoms with Gasteiger partial charge in [0.2, 0.25) is 10.0 Å². The maximum Gasteiger partial charge on any atom is 0.255 e. The first kappa shape index (κ1) is 22.7. The van der Waals surface area contributed by atoms with Crippen LogP contribution < -0.4 is 14.8 Å². The minimum atomic E-state index is -3.79. The number of thiazole rings is 1. The highest BCUT2D eigenvalue weighted by molar-refractivity contribution is 7.89. The normalized spacial score (nSPS) is 11.2. The van der Waals surface area contributed by atoms with Crippen LogP contribution in [0.3, 0.4) is 0 Å². The predicted molar refractivity (Wildman–Crippen MR) is 128 cm³/mol. The van der Waals surface area contributed by atoms with Gasteiger partial charge in [-0.15, -0.1) is 11.3 Å². The molecule has 0 atom stereocenters. The molecule has 2 N–H and O–H groups in total. The fourth-order valence-electron chi connectivity index (χ4n) is 3.01. The summed E-state index contributed by atoms with van der Waals surface area (Å²) in [6.07, 6.45) is 0. The Bertz CT molecular complexity index is 1320. The lowest BCUT2D eigenvalue weighted by Gasteiger charge is -2.12. The van der Waals surface area contributed by atoms with Gasteiger partial charge in [-0.2, -0.15) is 0 Å². The second-order valence-electron chi connectivity index (χ2n) is 7.06. The quantitative estimate of drug-likeness (QED) is 0.370. The van der Waals surface area contributed by atoms with Gasteiger partial charge >= 0.3 is 0 Å². The van der Waals surface area contributed by atoms with Gasteiger partial charge in [0.25, 0.3) is 5.91 Å². The molecule has 3 aromatic carbocycles. The number of nitrogens with zero attached hydrogens (tertiary/aromatic N) is 1. The number of carbonyl (C=O) groups excluding carboxylic acids is 1. The van der Waals surface area contributed by atoms with Gasteiger partial charge < -0.3 is 10.1 Å². The van der Waals surface area contributed by atoms with E-state index in [-0.39, 0.29) is 23.6 Å². The van der Waals surface area contributed by atoms with E-state index >= 15 is 0 Å². The molecule has 0 aliphatic carbocycles. The van der Waals surface area contributed by atoms with Crippen molar-refractivity contribution >= 4 is 33.0 Å². The molecule has 33 heavy (non-hydrogen) atoms. The molecule has 0 aliphatic rings. The van der Waals surface area contributed by atoms with E-state index in [1.165, 1.54) is 29.5 Å². The Kier molecular flexibility index (Phi) is 7.13. The van der Waals surface area contributed by atoms with E-state index in [9.17, 15) is 13.2 Å². The van der Waals surface area contributed by atoms with Gasteiger partial charge in [0.05, 0.1) is 21.8 Å². The number of nitrogens with one attached hydrogen (secondary N) is 2. The van der Waals surface area contributed by atoms with Crippen molar-refractivity contribution in [3.05, 3.63) is 107 Å². The molecule has 1 amide bonds. The molecule has 4 rings (SSSR count). The topological polar surface area (TPSA) is 97.4 Å². The first-order chi connectivity index (χ1) is 16.0. The standard InChI is InChI=1S/C24H21N3O4S2/c28-24(27-22-11-4-5-12-23(22)31-15-20-16-32-17-25-20)19-9-6-10-21(13-19)33(29,30)26-14-18-7-2-1-3-8-18/h1-13,16-17,26H,14-15H2,(H,27,28). The van der Waals surface area contributed by atoms with E-state index < -0.39 is 15.9 Å². The summed E-state index contributed by atoms with van der Waals surface area (Å²) in [6, 6.07) is 22.2. The molecule has 0 fully saturated rings. The molecule has 0 aliphatic heterocycles. The van der Waals surface area contributed by atoms with E-state index in [1.54, 1.807) is 35.8 Å². The molecule has 7 nitrogen and oxygen atoms in total. The predicted octanol–water partition coefficient (Wildman–Crippen LogP) is 4.45. The third-order valence-electron chi connectivity index (χ3n) is 4.71. The number of rotatable bonds is 9. The second-order valence-corrected chi connectivity index (χ2v) is 9.54. The molecule has 1 heterocycles. The van der Waals surface area contributed by atoms with Crippen LogP contribution in [0, 0.1) is 0 Å². The molecule has 1 aromatic heterocycles. The molecule has 0 spiro atoms. The molecule has 9 heteroatoms. The Balaban J connectivity index is 1.46. The van der Waals surface area contributed by atoms with E-state index in [2.05, 4.69) is 15.0 Å². The van der Waals surface area contributed by atoms with Crippen molar-refractivity contribution in [2.75, 3.05) is 5.32 Å². The number of sulfonamides is 1. The summed E-state index contributed by atoms with van der Waals surface area (Å²) in [7, 11) is -3.79. The molecule has 0 unspecified atom stereocenters. The number of amides is 1. The number of hydrogen-bond acceptors (Lipinski definition) is 6. The highest BCUT2D eigenvalue weighted by Crippen LogP contribution is 2.25. The smallest absolute Gasteiger partial charge is 0.255 e. The Morgan fingerprint density at radius 1 is 0.970 bits per heavy atom. The minimum absolute atomic E-state index is 0.0131. The van der Waals surface area contributed by atoms with Gasteiger partial charge in [0.1, 0.15) is 12.4 Å². The van der Waals surface area contributed by atoms with Crippen LogP contribution in [-0.2, 0) is 23.2 Å². The van der Waals surface area contributed by atoms with Crippen LogP contribution in [0.4, 0.5) is 5.69 Å². The molecule has 0 radical (unpaired) electrons. The maximum absolute atomic E-state index is 12.9. The van der Waals surface area contributed by atoms with Crippen molar-refractivity contribution in [1.29, 1.82) is 0 Å². The van der Waals surface area contributed by atoms with Gasteiger partial charge in [0, 0.05) is 17.5 Å². The minimum Gasteiger partial charge on any atom is -0.485 e. The SMILES string of the molecule is O=C(Nc1ccccc1OCc1cscn1)c1cccc(S(=O)(=O)NCc2ccccc2)c1. The van der Waals surface area contributed by atoms with Gasteiger partial charge in [-0.1, -0.05) is 48.5 Å². The average molecular weight is 480 g/mol. The number of aromatic nitrogens is 1.